The number of nitrogens with one attached hydrogen (secondary N) is 1. The summed E-state index contributed by atoms with van der Waals surface area (Å²) in [5.41, 5.74) is 1.04. The summed E-state index contributed by atoms with van der Waals surface area (Å²) >= 11 is 0. The van der Waals surface area contributed by atoms with Crippen LogP contribution in [0.25, 0.3) is 0 Å². The molecule has 1 N–H and O–H groups in total. The van der Waals surface area contributed by atoms with Crippen LogP contribution < -0.4 is 5.32 Å². The molecule has 0 aromatic carbocycles. The van der Waals surface area contributed by atoms with Crippen molar-refractivity contribution in [2.75, 3.05) is 7.05 Å². The van der Waals surface area contributed by atoms with Crippen molar-refractivity contribution in [2.24, 2.45) is 0 Å². The van der Waals surface area contributed by atoms with E-state index in [0.29, 0.717) is 6.04 Å². The van der Waals surface area contributed by atoms with E-state index in [2.05, 4.69) is 22.2 Å². The van der Waals surface area contributed by atoms with Gasteiger partial charge in [0.15, 0.2) is 0 Å². The summed E-state index contributed by atoms with van der Waals surface area (Å²) in [5.74, 6) is 0. The van der Waals surface area contributed by atoms with E-state index in [9.17, 15) is 0 Å². The van der Waals surface area contributed by atoms with Gasteiger partial charge < -0.3 is 5.32 Å². The largest absolute Gasteiger partial charge is 0.317 e. The van der Waals surface area contributed by atoms with Crippen molar-refractivity contribution in [3.05, 3.63) is 24.3 Å². The number of nitrogens with zero attached hydrogens (tertiary/aromatic N) is 2. The highest BCUT2D eigenvalue weighted by molar-refractivity contribution is 4.96. The van der Waals surface area contributed by atoms with E-state index in [0.717, 1.165) is 12.1 Å². The fourth-order valence-electron chi connectivity index (χ4n) is 0.851. The van der Waals surface area contributed by atoms with E-state index in [-0.39, 0.29) is 0 Å². The first kappa shape index (κ1) is 8.14. The van der Waals surface area contributed by atoms with E-state index in [1.54, 1.807) is 18.6 Å². The van der Waals surface area contributed by atoms with Gasteiger partial charge in [-0.25, -0.2) is 0 Å². The summed E-state index contributed by atoms with van der Waals surface area (Å²) in [6.07, 6.45) is 6.14. The Morgan fingerprint density at radius 3 is 2.91 bits per heavy atom. The zero-order chi connectivity index (χ0) is 8.10. The fraction of sp³-hybridized carbons (Fsp3) is 0.500. The summed E-state index contributed by atoms with van der Waals surface area (Å²) in [6, 6.07) is 0.465. The maximum absolute atomic E-state index is 4.16. The minimum absolute atomic E-state index is 0.465. The lowest BCUT2D eigenvalue weighted by molar-refractivity contribution is 0.599. The lowest BCUT2D eigenvalue weighted by Crippen LogP contribution is -2.23. The molecule has 0 aliphatic heterocycles. The molecule has 1 aromatic heterocycles. The molecular weight excluding hydrogens is 138 g/mol. The van der Waals surface area contributed by atoms with E-state index < -0.39 is 0 Å². The van der Waals surface area contributed by atoms with Crippen LogP contribution in [0.4, 0.5) is 0 Å². The van der Waals surface area contributed by atoms with Crippen LogP contribution in [0.15, 0.2) is 18.6 Å². The number of likely N-dealkylation sites (N-methyl/N-ethyl adjacent to an activating group) is 1. The topological polar surface area (TPSA) is 37.8 Å². The molecule has 1 aromatic rings. The summed E-state index contributed by atoms with van der Waals surface area (Å²) in [7, 11) is 1.95. The molecule has 0 amide bonds. The van der Waals surface area contributed by atoms with Crippen molar-refractivity contribution >= 4 is 0 Å². The van der Waals surface area contributed by atoms with Gasteiger partial charge >= 0.3 is 0 Å². The van der Waals surface area contributed by atoms with Crippen LogP contribution in [0.2, 0.25) is 0 Å². The Morgan fingerprint density at radius 1 is 1.55 bits per heavy atom. The summed E-state index contributed by atoms with van der Waals surface area (Å²) in [5, 5.41) is 3.15. The molecule has 0 saturated carbocycles. The Hall–Kier alpha value is -0.960. The van der Waals surface area contributed by atoms with E-state index in [1.165, 1.54) is 0 Å². The normalized spacial score (nSPS) is 12.9. The van der Waals surface area contributed by atoms with Crippen LogP contribution in [0.1, 0.15) is 12.6 Å². The fourth-order valence-corrected chi connectivity index (χ4v) is 0.851. The molecule has 0 aliphatic rings. The van der Waals surface area contributed by atoms with Crippen molar-refractivity contribution in [1.29, 1.82) is 0 Å². The third-order valence-electron chi connectivity index (χ3n) is 1.62. The maximum Gasteiger partial charge on any atom is 0.0602 e. The standard InChI is InChI=1S/C8H13N3/c1-7(9-2)5-8-6-10-3-4-11-8/h3-4,6-7,9H,5H2,1-2H3/t7-/m1/s1. The molecule has 0 radical (unpaired) electrons. The van der Waals surface area contributed by atoms with Crippen molar-refractivity contribution in [1.82, 2.24) is 15.3 Å². The van der Waals surface area contributed by atoms with Crippen LogP contribution in [0, 0.1) is 0 Å². The van der Waals surface area contributed by atoms with Crippen LogP contribution in [0.3, 0.4) is 0 Å². The smallest absolute Gasteiger partial charge is 0.0602 e. The van der Waals surface area contributed by atoms with Gasteiger partial charge in [0.05, 0.1) is 5.69 Å². The van der Waals surface area contributed by atoms with E-state index in [1.807, 2.05) is 7.05 Å². The van der Waals surface area contributed by atoms with Gasteiger partial charge in [0.25, 0.3) is 0 Å². The average Bonchev–Trinajstić information content (AvgIpc) is 2.06. The molecule has 1 rings (SSSR count). The molecule has 0 fully saturated rings. The molecule has 1 heterocycles. The monoisotopic (exact) mass is 151 g/mol. The molecule has 11 heavy (non-hydrogen) atoms. The summed E-state index contributed by atoms with van der Waals surface area (Å²) in [6.45, 7) is 2.12. The third-order valence-corrected chi connectivity index (χ3v) is 1.62. The van der Waals surface area contributed by atoms with Crippen molar-refractivity contribution in [3.63, 3.8) is 0 Å². The highest BCUT2D eigenvalue weighted by Crippen LogP contribution is 1.95. The SMILES string of the molecule is CN[C@H](C)Cc1cnccn1. The highest BCUT2D eigenvalue weighted by atomic mass is 14.9. The molecule has 3 nitrogen and oxygen atoms in total. The minimum atomic E-state index is 0.465. The van der Waals surface area contributed by atoms with Crippen LogP contribution >= 0.6 is 0 Å². The van der Waals surface area contributed by atoms with Gasteiger partial charge in [-0.15, -0.1) is 0 Å². The zero-order valence-corrected chi connectivity index (χ0v) is 6.91. The Morgan fingerprint density at radius 2 is 2.36 bits per heavy atom. The number of hydrogen-bond acceptors (Lipinski definition) is 3. The lowest BCUT2D eigenvalue weighted by atomic mass is 10.2. The number of aromatic nitrogens is 2. The van der Waals surface area contributed by atoms with Gasteiger partial charge in [0.1, 0.15) is 0 Å². The Kier molecular flexibility index (Phi) is 2.98. The molecule has 0 spiro atoms. The minimum Gasteiger partial charge on any atom is -0.317 e. The second kappa shape index (κ2) is 4.03. The van der Waals surface area contributed by atoms with E-state index >= 15 is 0 Å². The quantitative estimate of drug-likeness (QED) is 0.688. The van der Waals surface area contributed by atoms with Gasteiger partial charge in [-0.3, -0.25) is 9.97 Å². The predicted molar refractivity (Wildman–Crippen MR) is 44.3 cm³/mol. The molecule has 1 atom stereocenters. The first-order valence-corrected chi connectivity index (χ1v) is 3.75. The average molecular weight is 151 g/mol. The van der Waals surface area contributed by atoms with Crippen molar-refractivity contribution in [2.45, 2.75) is 19.4 Å². The lowest BCUT2D eigenvalue weighted by Gasteiger charge is -2.07. The first-order chi connectivity index (χ1) is 5.33. The Balaban J connectivity index is 2.51. The summed E-state index contributed by atoms with van der Waals surface area (Å²) < 4.78 is 0. The van der Waals surface area contributed by atoms with Crippen LogP contribution in [0.5, 0.6) is 0 Å². The second-order valence-electron chi connectivity index (χ2n) is 2.59. The van der Waals surface area contributed by atoms with Gasteiger partial charge in [-0.2, -0.15) is 0 Å². The molecule has 0 unspecified atom stereocenters. The summed E-state index contributed by atoms with van der Waals surface area (Å²) in [4.78, 5) is 8.15. The molecule has 0 bridgehead atoms. The number of rotatable bonds is 3. The highest BCUT2D eigenvalue weighted by Gasteiger charge is 1.99. The zero-order valence-electron chi connectivity index (χ0n) is 6.91. The van der Waals surface area contributed by atoms with Gasteiger partial charge in [-0.1, -0.05) is 0 Å². The van der Waals surface area contributed by atoms with Gasteiger partial charge in [0.2, 0.25) is 0 Å². The molecule has 3 heteroatoms. The van der Waals surface area contributed by atoms with Gasteiger partial charge in [0, 0.05) is 31.1 Å². The van der Waals surface area contributed by atoms with Gasteiger partial charge in [-0.05, 0) is 14.0 Å². The second-order valence-corrected chi connectivity index (χ2v) is 2.59. The Bertz CT molecular complexity index is 198. The van der Waals surface area contributed by atoms with E-state index in [4.69, 9.17) is 0 Å². The van der Waals surface area contributed by atoms with Crippen molar-refractivity contribution in [3.8, 4) is 0 Å². The van der Waals surface area contributed by atoms with Crippen molar-refractivity contribution < 1.29 is 0 Å². The van der Waals surface area contributed by atoms with Crippen LogP contribution in [-0.4, -0.2) is 23.1 Å². The van der Waals surface area contributed by atoms with Crippen LogP contribution in [-0.2, 0) is 6.42 Å². The first-order valence-electron chi connectivity index (χ1n) is 3.75. The molecule has 0 aliphatic carbocycles. The molecule has 0 saturated heterocycles. The number of hydrogen-bond donors (Lipinski definition) is 1. The molecular formula is C8H13N3. The predicted octanol–water partition coefficient (Wildman–Crippen LogP) is 0.627. The third kappa shape index (κ3) is 2.63. The molecule has 60 valence electrons. The Labute approximate surface area is 66.9 Å². The maximum atomic E-state index is 4.16.